The van der Waals surface area contributed by atoms with Crippen LogP contribution in [0.15, 0.2) is 90.7 Å². The molecule has 2 atom stereocenters. The lowest BCUT2D eigenvalue weighted by Crippen LogP contribution is -2.50. The van der Waals surface area contributed by atoms with Crippen molar-refractivity contribution in [3.8, 4) is 0 Å². The van der Waals surface area contributed by atoms with E-state index in [0.717, 1.165) is 66.1 Å². The maximum absolute atomic E-state index is 11.2. The zero-order chi connectivity index (χ0) is 30.5. The molecule has 2 aromatic heterocycles. The van der Waals surface area contributed by atoms with E-state index >= 15 is 0 Å². The van der Waals surface area contributed by atoms with E-state index in [1.807, 2.05) is 0 Å². The number of hydrogen-bond acceptors (Lipinski definition) is 4. The van der Waals surface area contributed by atoms with Gasteiger partial charge in [0.05, 0.1) is 25.3 Å². The van der Waals surface area contributed by atoms with Crippen molar-refractivity contribution in [1.82, 2.24) is 18.9 Å². The second kappa shape index (κ2) is 12.8. The fraction of sp³-hybridized carbons (Fsp3) is 0.294. The third-order valence-corrected chi connectivity index (χ3v) is 10.7. The van der Waals surface area contributed by atoms with Crippen LogP contribution < -0.4 is 0 Å². The molecule has 1 saturated heterocycles. The molecule has 1 aliphatic rings. The van der Waals surface area contributed by atoms with Gasteiger partial charge in [0.25, 0.3) is 0 Å². The highest BCUT2D eigenvalue weighted by Gasteiger charge is 2.23. The Hall–Kier alpha value is -1.76. The minimum Gasteiger partial charge on any atom is -0.390 e. The molecule has 228 valence electrons. The maximum atomic E-state index is 11.2. The van der Waals surface area contributed by atoms with Crippen molar-refractivity contribution in [3.63, 3.8) is 0 Å². The summed E-state index contributed by atoms with van der Waals surface area (Å²) in [4.78, 5) is 4.69. The van der Waals surface area contributed by atoms with Crippen LogP contribution >= 0.6 is 63.7 Å². The Balaban J connectivity index is 0.983. The Morgan fingerprint density at radius 1 is 0.455 bits per heavy atom. The molecule has 0 bridgehead atoms. The van der Waals surface area contributed by atoms with Gasteiger partial charge in [-0.3, -0.25) is 9.80 Å². The summed E-state index contributed by atoms with van der Waals surface area (Å²) in [7, 11) is 0. The molecular formula is C34H32Br4N4O2. The van der Waals surface area contributed by atoms with Crippen LogP contribution in [-0.4, -0.2) is 80.6 Å². The van der Waals surface area contributed by atoms with Gasteiger partial charge < -0.3 is 19.3 Å². The number of rotatable bonds is 8. The van der Waals surface area contributed by atoms with Crippen molar-refractivity contribution in [2.75, 3.05) is 39.3 Å². The summed E-state index contributed by atoms with van der Waals surface area (Å²) in [5.41, 5.74) is 4.51. The van der Waals surface area contributed by atoms with Crippen molar-refractivity contribution in [3.05, 3.63) is 90.7 Å². The third kappa shape index (κ3) is 6.17. The fourth-order valence-corrected chi connectivity index (χ4v) is 8.22. The number of nitrogens with zero attached hydrogens (tertiary/aromatic N) is 4. The molecule has 2 N–H and O–H groups in total. The van der Waals surface area contributed by atoms with Gasteiger partial charge in [-0.05, 0) is 72.8 Å². The van der Waals surface area contributed by atoms with Crippen molar-refractivity contribution in [2.45, 2.75) is 25.3 Å². The van der Waals surface area contributed by atoms with E-state index in [1.54, 1.807) is 0 Å². The number of fused-ring (bicyclic) bond motifs is 6. The maximum Gasteiger partial charge on any atom is 0.0845 e. The lowest BCUT2D eigenvalue weighted by atomic mass is 10.2. The summed E-state index contributed by atoms with van der Waals surface area (Å²) in [6.07, 6.45) is -0.984. The predicted molar refractivity (Wildman–Crippen MR) is 195 cm³/mol. The van der Waals surface area contributed by atoms with Crippen molar-refractivity contribution >= 4 is 107 Å². The highest BCUT2D eigenvalue weighted by atomic mass is 79.9. The minimum absolute atomic E-state index is 0.492. The first-order valence-corrected chi connectivity index (χ1v) is 18.0. The van der Waals surface area contributed by atoms with Gasteiger partial charge in [0, 0.05) is 101 Å². The molecule has 0 unspecified atom stereocenters. The molecule has 3 heterocycles. The van der Waals surface area contributed by atoms with Crippen LogP contribution in [0, 0.1) is 0 Å². The summed E-state index contributed by atoms with van der Waals surface area (Å²) in [5.74, 6) is 0. The molecule has 0 amide bonds. The first-order chi connectivity index (χ1) is 21.2. The van der Waals surface area contributed by atoms with Crippen molar-refractivity contribution in [2.24, 2.45) is 0 Å². The minimum atomic E-state index is -0.492. The number of piperazine rings is 1. The molecule has 6 aromatic rings. The quantitative estimate of drug-likeness (QED) is 0.163. The zero-order valence-electron chi connectivity index (χ0n) is 23.9. The van der Waals surface area contributed by atoms with Crippen LogP contribution in [0.5, 0.6) is 0 Å². The van der Waals surface area contributed by atoms with E-state index < -0.39 is 12.2 Å². The Morgan fingerprint density at radius 3 is 1.00 bits per heavy atom. The number of aromatic nitrogens is 2. The highest BCUT2D eigenvalue weighted by Crippen LogP contribution is 2.34. The second-order valence-corrected chi connectivity index (χ2v) is 15.4. The smallest absolute Gasteiger partial charge is 0.0845 e. The first kappa shape index (κ1) is 30.9. The molecule has 1 fully saturated rings. The van der Waals surface area contributed by atoms with E-state index in [1.165, 1.54) is 21.5 Å². The summed E-state index contributed by atoms with van der Waals surface area (Å²) >= 11 is 14.5. The molecule has 0 radical (unpaired) electrons. The van der Waals surface area contributed by atoms with Gasteiger partial charge in [-0.25, -0.2) is 0 Å². The molecule has 4 aromatic carbocycles. The Kier molecular flexibility index (Phi) is 8.98. The van der Waals surface area contributed by atoms with Crippen LogP contribution in [0.1, 0.15) is 0 Å². The standard InChI is InChI=1S/C34H32Br4N4O2/c35-21-1-5-31-27(13-21)28-14-22(36)2-6-32(28)41(31)19-25(43)17-39-9-11-40(12-10-39)18-26(44)20-42-33-7-3-23(37)15-29(33)30-16-24(38)4-8-34(30)42/h1-8,13-16,25-26,43-44H,9-12,17-20H2/t25-,26-/m0/s1. The normalized spacial score (nSPS) is 16.5. The summed E-state index contributed by atoms with van der Waals surface area (Å²) in [5, 5.41) is 27.2. The predicted octanol–water partition coefficient (Wildman–Crippen LogP) is 7.99. The van der Waals surface area contributed by atoms with Gasteiger partial charge in [-0.2, -0.15) is 0 Å². The number of benzene rings is 4. The summed E-state index contributed by atoms with van der Waals surface area (Å²) < 4.78 is 8.67. The van der Waals surface area contributed by atoms with Gasteiger partial charge in [-0.1, -0.05) is 63.7 Å². The molecular weight excluding hydrogens is 816 g/mol. The molecule has 1 aliphatic heterocycles. The lowest BCUT2D eigenvalue weighted by molar-refractivity contribution is 0.0415. The van der Waals surface area contributed by atoms with Crippen LogP contribution in [-0.2, 0) is 13.1 Å². The molecule has 0 spiro atoms. The van der Waals surface area contributed by atoms with Crippen LogP contribution in [0.25, 0.3) is 43.6 Å². The Labute approximate surface area is 289 Å². The van der Waals surface area contributed by atoms with Gasteiger partial charge in [-0.15, -0.1) is 0 Å². The lowest BCUT2D eigenvalue weighted by Gasteiger charge is -2.36. The number of β-amino-alcohol motifs (C(OH)–C–C–N with tert-alkyl or cyclic N) is 2. The second-order valence-electron chi connectivity index (χ2n) is 11.8. The van der Waals surface area contributed by atoms with Crippen molar-refractivity contribution in [1.29, 1.82) is 0 Å². The Bertz CT molecular complexity index is 1730. The topological polar surface area (TPSA) is 56.8 Å². The zero-order valence-corrected chi connectivity index (χ0v) is 30.3. The molecule has 44 heavy (non-hydrogen) atoms. The average Bonchev–Trinajstić information content (AvgIpc) is 3.44. The fourth-order valence-electron chi connectivity index (χ4n) is 6.78. The first-order valence-electron chi connectivity index (χ1n) is 14.8. The van der Waals surface area contributed by atoms with Crippen LogP contribution in [0.4, 0.5) is 0 Å². The van der Waals surface area contributed by atoms with Gasteiger partial charge >= 0.3 is 0 Å². The van der Waals surface area contributed by atoms with Crippen LogP contribution in [0.3, 0.4) is 0 Å². The largest absolute Gasteiger partial charge is 0.390 e. The molecule has 10 heteroatoms. The summed E-state index contributed by atoms with van der Waals surface area (Å²) in [6, 6.07) is 25.4. The molecule has 7 rings (SSSR count). The van der Waals surface area contributed by atoms with E-state index in [9.17, 15) is 10.2 Å². The van der Waals surface area contributed by atoms with Crippen LogP contribution in [0.2, 0.25) is 0 Å². The number of aliphatic hydroxyl groups is 2. The van der Waals surface area contributed by atoms with Gasteiger partial charge in [0.15, 0.2) is 0 Å². The monoisotopic (exact) mass is 844 g/mol. The SMILES string of the molecule is O[C@@H](CN1CCN(C[C@H](O)Cn2c3ccc(Br)cc3c3cc(Br)ccc32)CC1)Cn1c2ccc(Br)cc2c2cc(Br)ccc21. The molecule has 6 nitrogen and oxygen atoms in total. The average molecular weight is 848 g/mol. The van der Waals surface area contributed by atoms with E-state index in [4.69, 9.17) is 0 Å². The number of halogens is 4. The summed E-state index contributed by atoms with van der Waals surface area (Å²) in [6.45, 7) is 5.79. The van der Waals surface area contributed by atoms with Gasteiger partial charge in [0.1, 0.15) is 0 Å². The molecule has 0 aliphatic carbocycles. The third-order valence-electron chi connectivity index (χ3n) is 8.77. The molecule has 0 saturated carbocycles. The highest BCUT2D eigenvalue weighted by molar-refractivity contribution is 9.11. The van der Waals surface area contributed by atoms with Gasteiger partial charge in [0.2, 0.25) is 0 Å². The number of aliphatic hydroxyl groups excluding tert-OH is 2. The van der Waals surface area contributed by atoms with E-state index in [-0.39, 0.29) is 0 Å². The van der Waals surface area contributed by atoms with E-state index in [2.05, 4.69) is 155 Å². The van der Waals surface area contributed by atoms with Crippen molar-refractivity contribution < 1.29 is 10.2 Å². The van der Waals surface area contributed by atoms with E-state index in [0.29, 0.717) is 26.2 Å². The number of hydrogen-bond donors (Lipinski definition) is 2. The Morgan fingerprint density at radius 2 is 0.727 bits per heavy atom.